The predicted molar refractivity (Wildman–Crippen MR) is 129 cm³/mol. The number of ether oxygens (including phenoxy) is 1. The van der Waals surface area contributed by atoms with E-state index in [1.54, 1.807) is 42.5 Å². The normalized spacial score (nSPS) is 14.4. The molecule has 2 N–H and O–H groups in total. The number of hydrogen-bond donors (Lipinski definition) is 1. The molecule has 1 aliphatic heterocycles. The van der Waals surface area contributed by atoms with E-state index in [-0.39, 0.29) is 11.9 Å². The molecule has 1 amide bonds. The third-order valence-corrected chi connectivity index (χ3v) is 5.89. The van der Waals surface area contributed by atoms with E-state index < -0.39 is 17.9 Å². The van der Waals surface area contributed by atoms with Gasteiger partial charge in [-0.05, 0) is 42.0 Å². The van der Waals surface area contributed by atoms with Gasteiger partial charge in [-0.2, -0.15) is 8.78 Å². The van der Waals surface area contributed by atoms with Crippen molar-refractivity contribution in [1.82, 2.24) is 19.9 Å². The number of benzene rings is 1. The number of carbonyl (C=O) groups excluding carboxylic acids is 1. The summed E-state index contributed by atoms with van der Waals surface area (Å²) < 4.78 is 34.3. The van der Waals surface area contributed by atoms with Crippen molar-refractivity contribution in [2.24, 2.45) is 10.7 Å². The minimum absolute atomic E-state index is 0.0161. The number of amides is 1. The second-order valence-corrected chi connectivity index (χ2v) is 8.14. The lowest BCUT2D eigenvalue weighted by molar-refractivity contribution is -0.124. The molecule has 5 rings (SSSR count). The fourth-order valence-corrected chi connectivity index (χ4v) is 3.91. The summed E-state index contributed by atoms with van der Waals surface area (Å²) in [6.07, 6.45) is 4.24. The molecule has 0 saturated carbocycles. The van der Waals surface area contributed by atoms with Crippen molar-refractivity contribution in [2.75, 3.05) is 7.05 Å². The van der Waals surface area contributed by atoms with E-state index in [0.29, 0.717) is 45.0 Å². The zero-order chi connectivity index (χ0) is 25.4. The lowest BCUT2D eigenvalue weighted by Crippen LogP contribution is -2.37. The fourth-order valence-electron chi connectivity index (χ4n) is 3.91. The first-order chi connectivity index (χ1) is 17.3. The molecule has 0 aliphatic carbocycles. The Morgan fingerprint density at radius 1 is 1.00 bits per heavy atom. The molecule has 1 unspecified atom stereocenters. The summed E-state index contributed by atoms with van der Waals surface area (Å²) in [5.74, 6) is -0.661. The average Bonchev–Trinajstić information content (AvgIpc) is 2.88. The van der Waals surface area contributed by atoms with Crippen LogP contribution in [-0.2, 0) is 4.79 Å². The van der Waals surface area contributed by atoms with Gasteiger partial charge in [0.25, 0.3) is 0 Å². The van der Waals surface area contributed by atoms with Gasteiger partial charge in [0.05, 0.1) is 11.9 Å². The largest absolute Gasteiger partial charge is 0.455 e. The molecule has 36 heavy (non-hydrogen) atoms. The Hall–Kier alpha value is -4.73. The number of aromatic nitrogens is 3. The van der Waals surface area contributed by atoms with Crippen LogP contribution in [-0.4, -0.2) is 38.8 Å². The minimum atomic E-state index is -0.723. The van der Waals surface area contributed by atoms with Gasteiger partial charge in [-0.1, -0.05) is 6.07 Å². The van der Waals surface area contributed by atoms with Crippen LogP contribution in [0.3, 0.4) is 0 Å². The molecule has 1 aliphatic rings. The molecule has 0 radical (unpaired) electrons. The second-order valence-electron chi connectivity index (χ2n) is 8.14. The van der Waals surface area contributed by atoms with Crippen LogP contribution in [0.2, 0.25) is 0 Å². The highest BCUT2D eigenvalue weighted by Crippen LogP contribution is 2.46. The number of nitrogens with two attached hydrogens (primary N) is 1. The van der Waals surface area contributed by atoms with Crippen molar-refractivity contribution in [3.8, 4) is 33.9 Å². The number of pyridine rings is 3. The standard InChI is InChI=1S/C26H20F2N6O2/c1-14(35)34(2)26(29)33-24-18-10-15(17-4-3-8-31-25(17)28)5-6-21(18)36-22-13-32-20(12-19(22)24)16-7-9-30-23(27)11-16/h3-13,24H,1-2H3,(H2,29,33). The van der Waals surface area contributed by atoms with Crippen LogP contribution in [0.5, 0.6) is 11.5 Å². The average molecular weight is 486 g/mol. The molecule has 10 heteroatoms. The van der Waals surface area contributed by atoms with Gasteiger partial charge in [-0.15, -0.1) is 0 Å². The van der Waals surface area contributed by atoms with Gasteiger partial charge in [-0.3, -0.25) is 14.7 Å². The highest BCUT2D eigenvalue weighted by molar-refractivity contribution is 5.95. The Kier molecular flexibility index (Phi) is 5.85. The summed E-state index contributed by atoms with van der Waals surface area (Å²) in [5.41, 5.74) is 9.22. The Morgan fingerprint density at radius 3 is 2.56 bits per heavy atom. The Balaban J connectivity index is 1.69. The first-order valence-electron chi connectivity index (χ1n) is 10.9. The number of guanidine groups is 1. The minimum Gasteiger partial charge on any atom is -0.455 e. The molecule has 1 atom stereocenters. The number of rotatable bonds is 3. The van der Waals surface area contributed by atoms with Crippen molar-refractivity contribution in [3.05, 3.63) is 90.1 Å². The van der Waals surface area contributed by atoms with Crippen LogP contribution < -0.4 is 10.5 Å². The third-order valence-electron chi connectivity index (χ3n) is 5.89. The van der Waals surface area contributed by atoms with Crippen LogP contribution in [0.15, 0.2) is 72.1 Å². The van der Waals surface area contributed by atoms with E-state index in [9.17, 15) is 13.6 Å². The monoisotopic (exact) mass is 486 g/mol. The lowest BCUT2D eigenvalue weighted by atomic mass is 9.92. The van der Waals surface area contributed by atoms with Gasteiger partial charge in [-0.25, -0.2) is 15.0 Å². The van der Waals surface area contributed by atoms with Gasteiger partial charge < -0.3 is 10.5 Å². The number of fused-ring (bicyclic) bond motifs is 2. The quantitative estimate of drug-likeness (QED) is 0.260. The number of nitrogens with zero attached hydrogens (tertiary/aromatic N) is 5. The topological polar surface area (TPSA) is 107 Å². The summed E-state index contributed by atoms with van der Waals surface area (Å²) in [6.45, 7) is 1.37. The summed E-state index contributed by atoms with van der Waals surface area (Å²) >= 11 is 0. The van der Waals surface area contributed by atoms with Crippen molar-refractivity contribution in [1.29, 1.82) is 0 Å². The fraction of sp³-hybridized carbons (Fsp3) is 0.115. The summed E-state index contributed by atoms with van der Waals surface area (Å²) in [5, 5.41) is 0. The first kappa shape index (κ1) is 23.0. The zero-order valence-corrected chi connectivity index (χ0v) is 19.3. The number of hydrogen-bond acceptors (Lipinski definition) is 6. The maximum absolute atomic E-state index is 14.4. The molecule has 4 aromatic rings. The van der Waals surface area contributed by atoms with Gasteiger partial charge in [0.2, 0.25) is 17.8 Å². The highest BCUT2D eigenvalue weighted by atomic mass is 19.1. The molecular weight excluding hydrogens is 466 g/mol. The van der Waals surface area contributed by atoms with Gasteiger partial charge in [0.15, 0.2) is 11.7 Å². The Bertz CT molecular complexity index is 1520. The third kappa shape index (κ3) is 4.24. The van der Waals surface area contributed by atoms with Crippen LogP contribution >= 0.6 is 0 Å². The van der Waals surface area contributed by atoms with E-state index in [0.717, 1.165) is 0 Å². The van der Waals surface area contributed by atoms with Gasteiger partial charge in [0.1, 0.15) is 11.8 Å². The summed E-state index contributed by atoms with van der Waals surface area (Å²) in [4.78, 5) is 29.5. The van der Waals surface area contributed by atoms with E-state index >= 15 is 0 Å². The molecule has 8 nitrogen and oxygen atoms in total. The van der Waals surface area contributed by atoms with Crippen LogP contribution in [0.1, 0.15) is 24.1 Å². The van der Waals surface area contributed by atoms with Crippen molar-refractivity contribution < 1.29 is 18.3 Å². The molecule has 0 fully saturated rings. The molecule has 0 spiro atoms. The second kappa shape index (κ2) is 9.14. The van der Waals surface area contributed by atoms with Crippen molar-refractivity contribution in [3.63, 3.8) is 0 Å². The number of halogens is 2. The van der Waals surface area contributed by atoms with Gasteiger partial charge in [0, 0.05) is 54.7 Å². The number of carbonyl (C=O) groups is 1. The first-order valence-corrected chi connectivity index (χ1v) is 10.9. The zero-order valence-electron chi connectivity index (χ0n) is 19.3. The maximum atomic E-state index is 14.4. The summed E-state index contributed by atoms with van der Waals surface area (Å²) in [7, 11) is 1.52. The molecule has 3 aromatic heterocycles. The van der Waals surface area contributed by atoms with Crippen LogP contribution in [0, 0.1) is 11.9 Å². The molecule has 4 heterocycles. The van der Waals surface area contributed by atoms with Crippen LogP contribution in [0.25, 0.3) is 22.4 Å². The maximum Gasteiger partial charge on any atom is 0.225 e. The van der Waals surface area contributed by atoms with E-state index in [1.807, 2.05) is 0 Å². The van der Waals surface area contributed by atoms with Crippen LogP contribution in [0.4, 0.5) is 8.78 Å². The SMILES string of the molecule is CC(=O)N(C)C(N)=NC1c2cc(-c3cccnc3F)ccc2Oc2cnc(-c3ccnc(F)c3)cc21. The van der Waals surface area contributed by atoms with E-state index in [4.69, 9.17) is 10.5 Å². The van der Waals surface area contributed by atoms with Gasteiger partial charge >= 0.3 is 0 Å². The molecule has 0 saturated heterocycles. The molecule has 0 bridgehead atoms. The highest BCUT2D eigenvalue weighted by Gasteiger charge is 2.30. The van der Waals surface area contributed by atoms with E-state index in [1.165, 1.54) is 43.5 Å². The Labute approximate surface area is 205 Å². The van der Waals surface area contributed by atoms with Crippen molar-refractivity contribution in [2.45, 2.75) is 13.0 Å². The smallest absolute Gasteiger partial charge is 0.225 e. The van der Waals surface area contributed by atoms with E-state index in [2.05, 4.69) is 19.9 Å². The predicted octanol–water partition coefficient (Wildman–Crippen LogP) is 4.47. The lowest BCUT2D eigenvalue weighted by Gasteiger charge is -2.27. The summed E-state index contributed by atoms with van der Waals surface area (Å²) in [6, 6.07) is 12.3. The Morgan fingerprint density at radius 2 is 1.81 bits per heavy atom. The molecular formula is C26H20F2N6O2. The number of aliphatic imine (C=N–C) groups is 1. The molecule has 180 valence electrons. The molecule has 1 aromatic carbocycles. The van der Waals surface area contributed by atoms with Crippen molar-refractivity contribution >= 4 is 11.9 Å².